The molecular formula is C11H13N3O2. The summed E-state index contributed by atoms with van der Waals surface area (Å²) in [7, 11) is 0. The molecule has 1 atom stereocenters. The third-order valence-corrected chi connectivity index (χ3v) is 2.83. The van der Waals surface area contributed by atoms with Crippen LogP contribution >= 0.6 is 0 Å². The number of H-pyrrole nitrogens is 1. The SMILES string of the molecule is Oc1cccc2[nH]nc(OC3CCNC3)c12. The molecule has 1 aromatic heterocycles. The third-order valence-electron chi connectivity index (χ3n) is 2.83. The van der Waals surface area contributed by atoms with Gasteiger partial charge in [-0.2, -0.15) is 0 Å². The van der Waals surface area contributed by atoms with Gasteiger partial charge in [0.2, 0.25) is 5.88 Å². The molecule has 2 heterocycles. The maximum absolute atomic E-state index is 9.76. The second-order valence-electron chi connectivity index (χ2n) is 3.96. The van der Waals surface area contributed by atoms with E-state index in [0.717, 1.165) is 25.0 Å². The fourth-order valence-corrected chi connectivity index (χ4v) is 2.00. The minimum atomic E-state index is 0.145. The summed E-state index contributed by atoms with van der Waals surface area (Å²) >= 11 is 0. The lowest BCUT2D eigenvalue weighted by atomic mass is 10.2. The highest BCUT2D eigenvalue weighted by Crippen LogP contribution is 2.31. The van der Waals surface area contributed by atoms with Gasteiger partial charge in [-0.3, -0.25) is 5.10 Å². The fourth-order valence-electron chi connectivity index (χ4n) is 2.00. The number of nitrogens with zero attached hydrogens (tertiary/aromatic N) is 1. The molecule has 0 amide bonds. The number of aromatic hydroxyl groups is 1. The summed E-state index contributed by atoms with van der Waals surface area (Å²) in [6, 6.07) is 5.27. The Balaban J connectivity index is 1.97. The highest BCUT2D eigenvalue weighted by atomic mass is 16.5. The van der Waals surface area contributed by atoms with E-state index in [1.807, 2.05) is 6.07 Å². The van der Waals surface area contributed by atoms with Crippen LogP contribution in [0.25, 0.3) is 10.9 Å². The van der Waals surface area contributed by atoms with Crippen molar-refractivity contribution in [1.82, 2.24) is 15.5 Å². The molecule has 0 spiro atoms. The Hall–Kier alpha value is -1.75. The molecule has 1 aliphatic heterocycles. The van der Waals surface area contributed by atoms with Crippen LogP contribution in [0.1, 0.15) is 6.42 Å². The van der Waals surface area contributed by atoms with Crippen molar-refractivity contribution in [2.45, 2.75) is 12.5 Å². The van der Waals surface area contributed by atoms with Crippen LogP contribution in [0.2, 0.25) is 0 Å². The molecule has 2 aromatic rings. The first kappa shape index (κ1) is 9.47. The standard InChI is InChI=1S/C11H13N3O2/c15-9-3-1-2-8-10(9)11(14-13-8)16-7-4-5-12-6-7/h1-3,7,12,15H,4-6H2,(H,13,14). The van der Waals surface area contributed by atoms with Gasteiger partial charge in [0.15, 0.2) is 0 Å². The van der Waals surface area contributed by atoms with Gasteiger partial charge in [0.05, 0.1) is 5.52 Å². The molecule has 84 valence electrons. The number of nitrogens with one attached hydrogen (secondary N) is 2. The van der Waals surface area contributed by atoms with E-state index in [4.69, 9.17) is 4.74 Å². The van der Waals surface area contributed by atoms with E-state index in [1.165, 1.54) is 0 Å². The number of rotatable bonds is 2. The summed E-state index contributed by atoms with van der Waals surface area (Å²) in [5, 5.41) is 20.6. The van der Waals surface area contributed by atoms with Crippen LogP contribution in [0.3, 0.4) is 0 Å². The Kier molecular flexibility index (Phi) is 2.18. The molecule has 5 heteroatoms. The van der Waals surface area contributed by atoms with Gasteiger partial charge in [-0.25, -0.2) is 0 Å². The highest BCUT2D eigenvalue weighted by molar-refractivity contribution is 5.89. The van der Waals surface area contributed by atoms with Gasteiger partial charge in [-0.15, -0.1) is 5.10 Å². The van der Waals surface area contributed by atoms with E-state index in [1.54, 1.807) is 12.1 Å². The summed E-state index contributed by atoms with van der Waals surface area (Å²) < 4.78 is 5.74. The average molecular weight is 219 g/mol. The lowest BCUT2D eigenvalue weighted by Crippen LogP contribution is -2.19. The van der Waals surface area contributed by atoms with Gasteiger partial charge in [-0.05, 0) is 25.1 Å². The van der Waals surface area contributed by atoms with Gasteiger partial charge in [-0.1, -0.05) is 6.07 Å². The number of hydrogen-bond acceptors (Lipinski definition) is 4. The Labute approximate surface area is 92.4 Å². The number of aromatic amines is 1. The van der Waals surface area contributed by atoms with Gasteiger partial charge in [0.25, 0.3) is 0 Å². The minimum Gasteiger partial charge on any atom is -0.507 e. The molecule has 1 aromatic carbocycles. The summed E-state index contributed by atoms with van der Waals surface area (Å²) in [4.78, 5) is 0. The number of ether oxygens (including phenoxy) is 1. The van der Waals surface area contributed by atoms with Crippen molar-refractivity contribution < 1.29 is 9.84 Å². The van der Waals surface area contributed by atoms with E-state index >= 15 is 0 Å². The number of phenols is 1. The van der Waals surface area contributed by atoms with Crippen LogP contribution < -0.4 is 10.1 Å². The molecule has 3 N–H and O–H groups in total. The molecule has 5 nitrogen and oxygen atoms in total. The molecule has 1 aliphatic rings. The van der Waals surface area contributed by atoms with Crippen molar-refractivity contribution in [2.75, 3.05) is 13.1 Å². The average Bonchev–Trinajstić information content (AvgIpc) is 2.90. The number of fused-ring (bicyclic) bond motifs is 1. The van der Waals surface area contributed by atoms with Crippen molar-refractivity contribution in [1.29, 1.82) is 0 Å². The van der Waals surface area contributed by atoms with Crippen LogP contribution in [-0.4, -0.2) is 34.5 Å². The summed E-state index contributed by atoms with van der Waals surface area (Å²) in [6.07, 6.45) is 1.12. The fraction of sp³-hybridized carbons (Fsp3) is 0.364. The third kappa shape index (κ3) is 1.49. The number of phenolic OH excluding ortho intramolecular Hbond substituents is 1. The van der Waals surface area contributed by atoms with Crippen LogP contribution in [0.4, 0.5) is 0 Å². The van der Waals surface area contributed by atoms with Gasteiger partial charge < -0.3 is 15.2 Å². The predicted molar refractivity (Wildman–Crippen MR) is 59.7 cm³/mol. The molecule has 0 bridgehead atoms. The molecule has 16 heavy (non-hydrogen) atoms. The Morgan fingerprint density at radius 2 is 2.38 bits per heavy atom. The molecule has 1 saturated heterocycles. The van der Waals surface area contributed by atoms with Crippen molar-refractivity contribution in [3.8, 4) is 11.6 Å². The highest BCUT2D eigenvalue weighted by Gasteiger charge is 2.19. The summed E-state index contributed by atoms with van der Waals surface area (Å²) in [6.45, 7) is 1.81. The lowest BCUT2D eigenvalue weighted by molar-refractivity contribution is 0.216. The second-order valence-corrected chi connectivity index (χ2v) is 3.96. The molecule has 1 fully saturated rings. The Morgan fingerprint density at radius 3 is 3.19 bits per heavy atom. The first-order valence-corrected chi connectivity index (χ1v) is 5.38. The van der Waals surface area contributed by atoms with E-state index in [2.05, 4.69) is 15.5 Å². The molecular weight excluding hydrogens is 206 g/mol. The molecule has 0 radical (unpaired) electrons. The first-order chi connectivity index (χ1) is 7.84. The predicted octanol–water partition coefficient (Wildman–Crippen LogP) is 1.01. The largest absolute Gasteiger partial charge is 0.507 e. The zero-order valence-electron chi connectivity index (χ0n) is 8.73. The van der Waals surface area contributed by atoms with E-state index in [9.17, 15) is 5.11 Å². The topological polar surface area (TPSA) is 70.2 Å². The van der Waals surface area contributed by atoms with Crippen LogP contribution in [-0.2, 0) is 0 Å². The Morgan fingerprint density at radius 1 is 1.44 bits per heavy atom. The van der Waals surface area contributed by atoms with Gasteiger partial charge in [0, 0.05) is 6.54 Å². The van der Waals surface area contributed by atoms with Crippen molar-refractivity contribution >= 4 is 10.9 Å². The normalized spacial score (nSPS) is 20.4. The van der Waals surface area contributed by atoms with Gasteiger partial charge in [0.1, 0.15) is 17.2 Å². The molecule has 1 unspecified atom stereocenters. The van der Waals surface area contributed by atoms with Crippen molar-refractivity contribution in [3.05, 3.63) is 18.2 Å². The van der Waals surface area contributed by atoms with Crippen LogP contribution in [0.5, 0.6) is 11.6 Å². The lowest BCUT2D eigenvalue weighted by Gasteiger charge is -2.09. The van der Waals surface area contributed by atoms with Crippen molar-refractivity contribution in [3.63, 3.8) is 0 Å². The van der Waals surface area contributed by atoms with Gasteiger partial charge >= 0.3 is 0 Å². The summed E-state index contributed by atoms with van der Waals surface area (Å²) in [5.41, 5.74) is 0.793. The summed E-state index contributed by atoms with van der Waals surface area (Å²) in [5.74, 6) is 0.689. The zero-order valence-corrected chi connectivity index (χ0v) is 8.73. The molecule has 0 aliphatic carbocycles. The Bertz CT molecular complexity index is 503. The van der Waals surface area contributed by atoms with Crippen LogP contribution in [0.15, 0.2) is 18.2 Å². The smallest absolute Gasteiger partial charge is 0.244 e. The maximum Gasteiger partial charge on any atom is 0.244 e. The van der Waals surface area contributed by atoms with Crippen LogP contribution in [0, 0.1) is 0 Å². The maximum atomic E-state index is 9.76. The second kappa shape index (κ2) is 3.68. The van der Waals surface area contributed by atoms with E-state index in [0.29, 0.717) is 11.3 Å². The molecule has 3 rings (SSSR count). The number of benzene rings is 1. The quantitative estimate of drug-likeness (QED) is 0.705. The number of hydrogen-bond donors (Lipinski definition) is 3. The van der Waals surface area contributed by atoms with Crippen molar-refractivity contribution in [2.24, 2.45) is 0 Å². The first-order valence-electron chi connectivity index (χ1n) is 5.38. The van der Waals surface area contributed by atoms with E-state index in [-0.39, 0.29) is 11.9 Å². The minimum absolute atomic E-state index is 0.145. The molecule has 0 saturated carbocycles. The number of aromatic nitrogens is 2. The monoisotopic (exact) mass is 219 g/mol. The van der Waals surface area contributed by atoms with E-state index < -0.39 is 0 Å². The zero-order chi connectivity index (χ0) is 11.0.